The molecule has 1 aromatic carbocycles. The van der Waals surface area contributed by atoms with Crippen molar-refractivity contribution in [1.82, 2.24) is 0 Å². The van der Waals surface area contributed by atoms with Crippen LogP contribution in [0.4, 0.5) is 0 Å². The second kappa shape index (κ2) is 7.99. The quantitative estimate of drug-likeness (QED) is 0.416. The normalized spacial score (nSPS) is 12.8. The maximum Gasteiger partial charge on any atom is 0.333 e. The first-order chi connectivity index (χ1) is 9.95. The minimum absolute atomic E-state index is 0.253. The van der Waals surface area contributed by atoms with Gasteiger partial charge in [0, 0.05) is 11.1 Å². The van der Waals surface area contributed by atoms with E-state index in [4.69, 9.17) is 4.74 Å². The summed E-state index contributed by atoms with van der Waals surface area (Å²) in [5.41, 5.74) is 1.77. The lowest BCUT2D eigenvalue weighted by atomic mass is 10.1. The van der Waals surface area contributed by atoms with Crippen molar-refractivity contribution in [2.45, 2.75) is 40.3 Å². The third-order valence-corrected chi connectivity index (χ3v) is 4.34. The van der Waals surface area contributed by atoms with E-state index in [1.807, 2.05) is 6.07 Å². The second-order valence-corrected chi connectivity index (χ2v) is 5.72. The molecular weight excluding hydrogens is 262 g/mol. The Hall–Kier alpha value is -1.61. The molecule has 0 saturated carbocycles. The molecule has 0 saturated heterocycles. The predicted molar refractivity (Wildman–Crippen MR) is 86.7 cm³/mol. The molecule has 1 aromatic rings. The largest absolute Gasteiger partial charge is 0.456 e. The minimum atomic E-state index is -0.299. The van der Waals surface area contributed by atoms with Crippen LogP contribution in [-0.4, -0.2) is 36.2 Å². The van der Waals surface area contributed by atoms with Crippen LogP contribution in [0.25, 0.3) is 0 Å². The summed E-state index contributed by atoms with van der Waals surface area (Å²) in [6, 6.07) is 10.7. The molecular formula is C18H28NO2+. The van der Waals surface area contributed by atoms with Crippen LogP contribution in [0.15, 0.2) is 42.5 Å². The van der Waals surface area contributed by atoms with E-state index in [-0.39, 0.29) is 12.0 Å². The fraction of sp³-hybridized carbons (Fsp3) is 0.500. The minimum Gasteiger partial charge on any atom is -0.456 e. The average Bonchev–Trinajstić information content (AvgIpc) is 2.50. The monoisotopic (exact) mass is 290 g/mol. The highest BCUT2D eigenvalue weighted by Crippen LogP contribution is 2.20. The molecule has 3 nitrogen and oxygen atoms in total. The number of likely N-dealkylation sites (N-methyl/N-ethyl adjacent to an activating group) is 1. The van der Waals surface area contributed by atoms with Crippen LogP contribution in [0, 0.1) is 0 Å². The van der Waals surface area contributed by atoms with Crippen molar-refractivity contribution in [2.24, 2.45) is 0 Å². The third kappa shape index (κ3) is 4.71. The highest BCUT2D eigenvalue weighted by molar-refractivity contribution is 5.86. The molecule has 0 spiro atoms. The Morgan fingerprint density at radius 3 is 2.29 bits per heavy atom. The van der Waals surface area contributed by atoms with Gasteiger partial charge in [-0.3, -0.25) is 0 Å². The van der Waals surface area contributed by atoms with Crippen LogP contribution >= 0.6 is 0 Å². The summed E-state index contributed by atoms with van der Waals surface area (Å²) in [4.78, 5) is 11.6. The highest BCUT2D eigenvalue weighted by Gasteiger charge is 2.31. The Balaban J connectivity index is 2.78. The molecule has 0 bridgehead atoms. The zero-order chi connectivity index (χ0) is 15.9. The van der Waals surface area contributed by atoms with E-state index in [1.165, 1.54) is 5.56 Å². The molecule has 0 aromatic heterocycles. The first-order valence-electron chi connectivity index (χ1n) is 7.67. The van der Waals surface area contributed by atoms with Crippen molar-refractivity contribution in [3.8, 4) is 0 Å². The molecule has 0 radical (unpaired) electrons. The summed E-state index contributed by atoms with van der Waals surface area (Å²) in [6.07, 6.45) is 0. The second-order valence-electron chi connectivity index (χ2n) is 5.72. The number of esters is 1. The zero-order valence-corrected chi connectivity index (χ0v) is 13.8. The molecule has 1 atom stereocenters. The topological polar surface area (TPSA) is 26.3 Å². The summed E-state index contributed by atoms with van der Waals surface area (Å²) >= 11 is 0. The Kier molecular flexibility index (Phi) is 6.63. The summed E-state index contributed by atoms with van der Waals surface area (Å²) in [5.74, 6) is -0.299. The lowest BCUT2D eigenvalue weighted by Crippen LogP contribution is -2.55. The van der Waals surface area contributed by atoms with Crippen molar-refractivity contribution in [3.63, 3.8) is 0 Å². The summed E-state index contributed by atoms with van der Waals surface area (Å²) < 4.78 is 6.27. The summed E-state index contributed by atoms with van der Waals surface area (Å²) in [7, 11) is 0. The van der Waals surface area contributed by atoms with Gasteiger partial charge in [0.2, 0.25) is 0 Å². The Morgan fingerprint density at radius 1 is 1.24 bits per heavy atom. The van der Waals surface area contributed by atoms with Crippen molar-refractivity contribution in [2.75, 3.05) is 19.7 Å². The number of hydrogen-bond acceptors (Lipinski definition) is 2. The molecule has 0 aliphatic carbocycles. The van der Waals surface area contributed by atoms with Gasteiger partial charge >= 0.3 is 5.97 Å². The van der Waals surface area contributed by atoms with Crippen LogP contribution in [-0.2, 0) is 16.1 Å². The van der Waals surface area contributed by atoms with Crippen LogP contribution in [0.3, 0.4) is 0 Å². The molecule has 3 heteroatoms. The van der Waals surface area contributed by atoms with Crippen LogP contribution in [0.5, 0.6) is 0 Å². The van der Waals surface area contributed by atoms with Gasteiger partial charge < -0.3 is 9.22 Å². The van der Waals surface area contributed by atoms with Gasteiger partial charge in [0.25, 0.3) is 0 Å². The van der Waals surface area contributed by atoms with Crippen LogP contribution < -0.4 is 0 Å². The molecule has 1 unspecified atom stereocenters. The SMILES string of the molecule is C=C(C)C(=O)OCC(C)[N+](CC)(CC)Cc1ccccc1. The number of carbonyl (C=O) groups excluding carboxylic acids is 1. The number of benzene rings is 1. The summed E-state index contributed by atoms with van der Waals surface area (Å²) in [6.45, 7) is 15.3. The number of hydrogen-bond donors (Lipinski definition) is 0. The number of rotatable bonds is 8. The van der Waals surface area contributed by atoms with Gasteiger partial charge in [-0.05, 0) is 27.7 Å². The standard InChI is InChI=1S/C18H28NO2/c1-6-19(7-2,13-17-11-9-8-10-12-17)16(5)14-21-18(20)15(3)4/h8-12,16H,3,6-7,13-14H2,1-2,4-5H3/q+1. The van der Waals surface area contributed by atoms with Gasteiger partial charge in [-0.2, -0.15) is 0 Å². The Bertz CT molecular complexity index is 463. The lowest BCUT2D eigenvalue weighted by molar-refractivity contribution is -0.959. The predicted octanol–water partition coefficient (Wildman–Crippen LogP) is 3.55. The third-order valence-electron chi connectivity index (χ3n) is 4.34. The van der Waals surface area contributed by atoms with Crippen molar-refractivity contribution < 1.29 is 14.0 Å². The highest BCUT2D eigenvalue weighted by atomic mass is 16.5. The molecule has 0 amide bonds. The van der Waals surface area contributed by atoms with E-state index >= 15 is 0 Å². The van der Waals surface area contributed by atoms with Gasteiger partial charge in [-0.25, -0.2) is 4.79 Å². The number of carbonyl (C=O) groups is 1. The van der Waals surface area contributed by atoms with Gasteiger partial charge in [0.15, 0.2) is 0 Å². The maximum atomic E-state index is 11.6. The van der Waals surface area contributed by atoms with Crippen molar-refractivity contribution in [1.29, 1.82) is 0 Å². The molecule has 0 aliphatic rings. The van der Waals surface area contributed by atoms with E-state index in [1.54, 1.807) is 6.92 Å². The molecule has 21 heavy (non-hydrogen) atoms. The molecule has 0 N–H and O–H groups in total. The van der Waals surface area contributed by atoms with E-state index in [0.29, 0.717) is 12.2 Å². The van der Waals surface area contributed by atoms with Gasteiger partial charge in [-0.1, -0.05) is 36.9 Å². The lowest BCUT2D eigenvalue weighted by Gasteiger charge is -2.42. The molecule has 116 valence electrons. The molecule has 0 heterocycles. The van der Waals surface area contributed by atoms with Crippen LogP contribution in [0.2, 0.25) is 0 Å². The number of ether oxygens (including phenoxy) is 1. The summed E-state index contributed by atoms with van der Waals surface area (Å²) in [5, 5.41) is 0. The van der Waals surface area contributed by atoms with Crippen LogP contribution in [0.1, 0.15) is 33.3 Å². The fourth-order valence-corrected chi connectivity index (χ4v) is 2.65. The molecule has 0 aliphatic heterocycles. The van der Waals surface area contributed by atoms with E-state index in [9.17, 15) is 4.79 Å². The average molecular weight is 290 g/mol. The number of nitrogens with zero attached hydrogens (tertiary/aromatic N) is 1. The number of quaternary nitrogens is 1. The first kappa shape index (κ1) is 17.4. The Morgan fingerprint density at radius 2 is 1.81 bits per heavy atom. The van der Waals surface area contributed by atoms with Crippen molar-refractivity contribution in [3.05, 3.63) is 48.0 Å². The molecule has 0 fully saturated rings. The van der Waals surface area contributed by atoms with E-state index in [2.05, 4.69) is 51.6 Å². The maximum absolute atomic E-state index is 11.6. The van der Waals surface area contributed by atoms with Gasteiger partial charge in [-0.15, -0.1) is 0 Å². The van der Waals surface area contributed by atoms with E-state index < -0.39 is 0 Å². The van der Waals surface area contributed by atoms with Gasteiger partial charge in [0.1, 0.15) is 19.2 Å². The zero-order valence-electron chi connectivity index (χ0n) is 13.8. The van der Waals surface area contributed by atoms with Crippen molar-refractivity contribution >= 4 is 5.97 Å². The fourth-order valence-electron chi connectivity index (χ4n) is 2.65. The smallest absolute Gasteiger partial charge is 0.333 e. The van der Waals surface area contributed by atoms with Gasteiger partial charge in [0.05, 0.1) is 13.1 Å². The Labute approximate surface area is 128 Å². The van der Waals surface area contributed by atoms with E-state index in [0.717, 1.165) is 24.1 Å². The first-order valence-corrected chi connectivity index (χ1v) is 7.67. The molecule has 1 rings (SSSR count).